The molecule has 0 bridgehead atoms. The van der Waals surface area contributed by atoms with E-state index in [4.69, 9.17) is 16.7 Å². The third kappa shape index (κ3) is 3.11. The second-order valence-electron chi connectivity index (χ2n) is 5.35. The lowest BCUT2D eigenvalue weighted by molar-refractivity contribution is 0.630. The second-order valence-corrected chi connectivity index (χ2v) is 6.44. The Hall–Kier alpha value is -2.28. The summed E-state index contributed by atoms with van der Waals surface area (Å²) in [5, 5.41) is 6.30. The molecule has 4 N–H and O–H groups in total. The molecule has 7 heteroatoms. The number of aromatic nitrogens is 2. The van der Waals surface area contributed by atoms with E-state index in [1.165, 1.54) is 12.1 Å². The van der Waals surface area contributed by atoms with Gasteiger partial charge in [0.05, 0.1) is 11.0 Å². The van der Waals surface area contributed by atoms with E-state index in [9.17, 15) is 9.18 Å². The van der Waals surface area contributed by atoms with E-state index in [0.29, 0.717) is 22.0 Å². The molecule has 0 radical (unpaired) electrons. The van der Waals surface area contributed by atoms with Crippen LogP contribution in [0.2, 0.25) is 5.02 Å². The Morgan fingerprint density at radius 1 is 1.08 bits per heavy atom. The Morgan fingerprint density at radius 3 is 2.58 bits per heavy atom. The minimum atomic E-state index is -0.421. The smallest absolute Gasteiger partial charge is 0.267 e. The number of hydrogen-bond donors (Lipinski definition) is 3. The van der Waals surface area contributed by atoms with Crippen LogP contribution in [-0.2, 0) is 0 Å². The van der Waals surface area contributed by atoms with Crippen molar-refractivity contribution in [2.45, 2.75) is 18.7 Å². The standard InChI is InChI=1S/C17H11ClFN3OS.C2H6/c18-14-13(8-2-1-3-10(6-8)24-20)16-15(22-17(14)23)11-7-9(19)4-5-12(11)21-16;1-2/h1-7,21H,20H2,(H,22,23);1-2H3. The van der Waals surface area contributed by atoms with E-state index in [0.717, 1.165) is 27.9 Å². The van der Waals surface area contributed by atoms with Gasteiger partial charge in [-0.2, -0.15) is 0 Å². The molecule has 4 rings (SSSR count). The van der Waals surface area contributed by atoms with Gasteiger partial charge in [-0.1, -0.05) is 37.6 Å². The van der Waals surface area contributed by atoms with Gasteiger partial charge < -0.3 is 9.97 Å². The molecule has 0 saturated heterocycles. The number of nitrogens with two attached hydrogens (primary N) is 1. The van der Waals surface area contributed by atoms with E-state index in [2.05, 4.69) is 9.97 Å². The molecule has 2 aromatic carbocycles. The van der Waals surface area contributed by atoms with Crippen LogP contribution in [0, 0.1) is 5.82 Å². The molecule has 26 heavy (non-hydrogen) atoms. The van der Waals surface area contributed by atoms with Crippen LogP contribution in [0.1, 0.15) is 13.8 Å². The minimum absolute atomic E-state index is 0.0775. The maximum Gasteiger partial charge on any atom is 0.267 e. The summed E-state index contributed by atoms with van der Waals surface area (Å²) >= 11 is 7.40. The first-order valence-electron chi connectivity index (χ1n) is 8.08. The third-order valence-electron chi connectivity index (χ3n) is 3.93. The molecule has 4 aromatic rings. The number of nitrogens with one attached hydrogen (secondary N) is 2. The number of benzene rings is 2. The van der Waals surface area contributed by atoms with Gasteiger partial charge >= 0.3 is 0 Å². The van der Waals surface area contributed by atoms with Crippen molar-refractivity contribution in [2.24, 2.45) is 5.14 Å². The Labute approximate surface area is 158 Å². The molecule has 2 aromatic heterocycles. The Morgan fingerprint density at radius 2 is 1.85 bits per heavy atom. The quantitative estimate of drug-likeness (QED) is 0.398. The van der Waals surface area contributed by atoms with Gasteiger partial charge in [0.25, 0.3) is 5.56 Å². The Balaban J connectivity index is 0.000000948. The van der Waals surface area contributed by atoms with Crippen LogP contribution in [0.4, 0.5) is 4.39 Å². The molecule has 134 valence electrons. The van der Waals surface area contributed by atoms with Crippen LogP contribution in [0.15, 0.2) is 52.2 Å². The van der Waals surface area contributed by atoms with Crippen molar-refractivity contribution in [1.29, 1.82) is 0 Å². The van der Waals surface area contributed by atoms with Crippen molar-refractivity contribution in [3.05, 3.63) is 63.7 Å². The van der Waals surface area contributed by atoms with E-state index in [1.807, 2.05) is 38.1 Å². The fourth-order valence-corrected chi connectivity index (χ4v) is 3.47. The molecule has 0 aliphatic rings. The minimum Gasteiger partial charge on any atom is -0.353 e. The Bertz CT molecular complexity index is 1150. The lowest BCUT2D eigenvalue weighted by Gasteiger charge is -2.07. The number of H-pyrrole nitrogens is 2. The molecule has 0 unspecified atom stereocenters. The van der Waals surface area contributed by atoms with Gasteiger partial charge in [0.15, 0.2) is 0 Å². The fraction of sp³-hybridized carbons (Fsp3) is 0.105. The maximum absolute atomic E-state index is 13.6. The summed E-state index contributed by atoms with van der Waals surface area (Å²) in [6, 6.07) is 11.8. The number of fused-ring (bicyclic) bond motifs is 3. The highest BCUT2D eigenvalue weighted by Gasteiger charge is 2.17. The van der Waals surface area contributed by atoms with Gasteiger partial charge in [0, 0.05) is 21.4 Å². The van der Waals surface area contributed by atoms with Gasteiger partial charge in [-0.3, -0.25) is 9.93 Å². The summed E-state index contributed by atoms with van der Waals surface area (Å²) in [5.41, 5.74) is 2.81. The molecular weight excluding hydrogens is 373 g/mol. The molecular formula is C19H17ClFN3OS. The zero-order chi connectivity index (χ0) is 18.8. The average Bonchev–Trinajstić information content (AvgIpc) is 3.01. The van der Waals surface area contributed by atoms with Crippen LogP contribution in [0.25, 0.3) is 33.1 Å². The highest BCUT2D eigenvalue weighted by Crippen LogP contribution is 2.36. The van der Waals surface area contributed by atoms with Crippen molar-refractivity contribution in [1.82, 2.24) is 9.97 Å². The van der Waals surface area contributed by atoms with E-state index >= 15 is 0 Å². The summed E-state index contributed by atoms with van der Waals surface area (Å²) in [7, 11) is 0. The van der Waals surface area contributed by atoms with Crippen molar-refractivity contribution >= 4 is 45.5 Å². The topological polar surface area (TPSA) is 74.7 Å². The van der Waals surface area contributed by atoms with Crippen molar-refractivity contribution in [2.75, 3.05) is 0 Å². The van der Waals surface area contributed by atoms with Crippen LogP contribution in [0.5, 0.6) is 0 Å². The number of pyridine rings is 1. The lowest BCUT2D eigenvalue weighted by atomic mass is 10.0. The van der Waals surface area contributed by atoms with Crippen molar-refractivity contribution in [3.8, 4) is 11.1 Å². The second kappa shape index (κ2) is 7.53. The van der Waals surface area contributed by atoms with E-state index < -0.39 is 5.56 Å². The van der Waals surface area contributed by atoms with Crippen molar-refractivity contribution in [3.63, 3.8) is 0 Å². The summed E-state index contributed by atoms with van der Waals surface area (Å²) in [6.07, 6.45) is 0. The van der Waals surface area contributed by atoms with Gasteiger partial charge in [-0.05, 0) is 47.8 Å². The molecule has 0 amide bonds. The predicted molar refractivity (Wildman–Crippen MR) is 108 cm³/mol. The highest BCUT2D eigenvalue weighted by molar-refractivity contribution is 7.97. The highest BCUT2D eigenvalue weighted by atomic mass is 35.5. The van der Waals surface area contributed by atoms with Gasteiger partial charge in [0.2, 0.25) is 0 Å². The maximum atomic E-state index is 13.6. The number of halogens is 2. The van der Waals surface area contributed by atoms with Crippen LogP contribution in [0.3, 0.4) is 0 Å². The van der Waals surface area contributed by atoms with Crippen molar-refractivity contribution < 1.29 is 4.39 Å². The molecule has 0 atom stereocenters. The van der Waals surface area contributed by atoms with Gasteiger partial charge in [-0.15, -0.1) is 0 Å². The molecule has 0 saturated carbocycles. The van der Waals surface area contributed by atoms with Gasteiger partial charge in [0.1, 0.15) is 10.8 Å². The summed E-state index contributed by atoms with van der Waals surface area (Å²) in [5.74, 6) is -0.373. The van der Waals surface area contributed by atoms with Crippen LogP contribution >= 0.6 is 23.5 Å². The van der Waals surface area contributed by atoms with Crippen LogP contribution in [-0.4, -0.2) is 9.97 Å². The summed E-state index contributed by atoms with van der Waals surface area (Å²) in [4.78, 5) is 19.1. The lowest BCUT2D eigenvalue weighted by Crippen LogP contribution is -2.07. The number of hydrogen-bond acceptors (Lipinski definition) is 3. The van der Waals surface area contributed by atoms with E-state index in [-0.39, 0.29) is 10.8 Å². The molecule has 4 nitrogen and oxygen atoms in total. The SMILES string of the molecule is CC.NSc1cccc(-c2c(Cl)c(=O)[nH]c3c2[nH]c2ccc(F)cc23)c1. The zero-order valence-corrected chi connectivity index (χ0v) is 15.8. The van der Waals surface area contributed by atoms with Crippen LogP contribution < -0.4 is 10.7 Å². The van der Waals surface area contributed by atoms with E-state index in [1.54, 1.807) is 6.07 Å². The first-order valence-corrected chi connectivity index (χ1v) is 9.34. The monoisotopic (exact) mass is 389 g/mol. The largest absolute Gasteiger partial charge is 0.353 e. The molecule has 0 aliphatic heterocycles. The fourth-order valence-electron chi connectivity index (χ4n) is 2.87. The molecule has 0 aliphatic carbocycles. The van der Waals surface area contributed by atoms with Gasteiger partial charge in [-0.25, -0.2) is 4.39 Å². The predicted octanol–water partition coefficient (Wildman–Crippen LogP) is 5.46. The molecule has 2 heterocycles. The normalized spacial score (nSPS) is 10.8. The number of rotatable bonds is 2. The molecule has 0 spiro atoms. The number of aromatic amines is 2. The first kappa shape index (κ1) is 18.5. The zero-order valence-electron chi connectivity index (χ0n) is 14.2. The summed E-state index contributed by atoms with van der Waals surface area (Å²) in [6.45, 7) is 4.00. The summed E-state index contributed by atoms with van der Waals surface area (Å²) < 4.78 is 13.6. The Kier molecular flexibility index (Phi) is 5.36. The first-order chi connectivity index (χ1) is 12.6. The molecule has 0 fully saturated rings. The third-order valence-corrected chi connectivity index (χ3v) is 4.81. The average molecular weight is 390 g/mol.